The standard InChI is InChI=1S/C17H17FN2O/c1-20-16(13-7-9-14(18)10-8-13)19-15(17(20)21)11-12-5-3-2-4-6-12/h2-10,15-16,19H,11H2,1H3. The van der Waals surface area contributed by atoms with Crippen LogP contribution >= 0.6 is 0 Å². The van der Waals surface area contributed by atoms with E-state index in [0.717, 1.165) is 11.1 Å². The van der Waals surface area contributed by atoms with Crippen LogP contribution in [0.3, 0.4) is 0 Å². The van der Waals surface area contributed by atoms with E-state index in [9.17, 15) is 9.18 Å². The number of hydrogen-bond acceptors (Lipinski definition) is 2. The Morgan fingerprint density at radius 3 is 2.43 bits per heavy atom. The lowest BCUT2D eigenvalue weighted by molar-refractivity contribution is -0.128. The molecule has 1 aliphatic heterocycles. The second-order valence-electron chi connectivity index (χ2n) is 5.31. The van der Waals surface area contributed by atoms with E-state index in [4.69, 9.17) is 0 Å². The third kappa shape index (κ3) is 2.81. The highest BCUT2D eigenvalue weighted by atomic mass is 19.1. The van der Waals surface area contributed by atoms with E-state index in [2.05, 4.69) is 5.32 Å². The van der Waals surface area contributed by atoms with E-state index < -0.39 is 0 Å². The number of amides is 1. The fraction of sp³-hybridized carbons (Fsp3) is 0.235. The number of rotatable bonds is 3. The van der Waals surface area contributed by atoms with Gasteiger partial charge in [-0.3, -0.25) is 10.1 Å². The van der Waals surface area contributed by atoms with E-state index in [1.54, 1.807) is 24.1 Å². The molecule has 4 heteroatoms. The molecule has 2 atom stereocenters. The normalized spacial score (nSPS) is 21.8. The summed E-state index contributed by atoms with van der Waals surface area (Å²) in [7, 11) is 1.77. The molecule has 2 unspecified atom stereocenters. The summed E-state index contributed by atoms with van der Waals surface area (Å²) in [6.07, 6.45) is 0.452. The quantitative estimate of drug-likeness (QED) is 0.939. The summed E-state index contributed by atoms with van der Waals surface area (Å²) >= 11 is 0. The van der Waals surface area contributed by atoms with Crippen molar-refractivity contribution in [2.75, 3.05) is 7.05 Å². The van der Waals surface area contributed by atoms with E-state index in [1.165, 1.54) is 12.1 Å². The zero-order chi connectivity index (χ0) is 14.8. The summed E-state index contributed by atoms with van der Waals surface area (Å²) in [6, 6.07) is 15.9. The number of nitrogens with one attached hydrogen (secondary N) is 1. The van der Waals surface area contributed by atoms with Crippen molar-refractivity contribution < 1.29 is 9.18 Å². The van der Waals surface area contributed by atoms with Crippen LogP contribution < -0.4 is 5.32 Å². The Balaban J connectivity index is 1.77. The number of carbonyl (C=O) groups excluding carboxylic acids is 1. The Morgan fingerprint density at radius 2 is 1.76 bits per heavy atom. The Bertz CT molecular complexity index is 627. The zero-order valence-corrected chi connectivity index (χ0v) is 11.8. The van der Waals surface area contributed by atoms with Crippen molar-refractivity contribution in [2.45, 2.75) is 18.6 Å². The molecule has 0 saturated carbocycles. The molecule has 0 radical (unpaired) electrons. The van der Waals surface area contributed by atoms with E-state index >= 15 is 0 Å². The van der Waals surface area contributed by atoms with Crippen molar-refractivity contribution in [3.63, 3.8) is 0 Å². The van der Waals surface area contributed by atoms with Gasteiger partial charge in [0.25, 0.3) is 0 Å². The molecule has 1 fully saturated rings. The first-order chi connectivity index (χ1) is 10.1. The molecule has 2 aromatic rings. The van der Waals surface area contributed by atoms with Gasteiger partial charge in [0, 0.05) is 7.05 Å². The van der Waals surface area contributed by atoms with Gasteiger partial charge >= 0.3 is 0 Å². The van der Waals surface area contributed by atoms with Gasteiger partial charge in [0.2, 0.25) is 5.91 Å². The van der Waals surface area contributed by atoms with Crippen molar-refractivity contribution in [1.29, 1.82) is 0 Å². The fourth-order valence-electron chi connectivity index (χ4n) is 2.71. The Kier molecular flexibility index (Phi) is 3.71. The lowest BCUT2D eigenvalue weighted by Crippen LogP contribution is -2.31. The molecular weight excluding hydrogens is 267 g/mol. The molecule has 0 aliphatic carbocycles. The van der Waals surface area contributed by atoms with Crippen LogP contribution in [0.1, 0.15) is 17.3 Å². The van der Waals surface area contributed by atoms with Gasteiger partial charge in [-0.15, -0.1) is 0 Å². The van der Waals surface area contributed by atoms with Crippen molar-refractivity contribution in [1.82, 2.24) is 10.2 Å². The second-order valence-corrected chi connectivity index (χ2v) is 5.31. The Hall–Kier alpha value is -2.20. The molecule has 0 spiro atoms. The van der Waals surface area contributed by atoms with Gasteiger partial charge in [0.05, 0.1) is 6.04 Å². The summed E-state index contributed by atoms with van der Waals surface area (Å²) in [5.74, 6) is -0.209. The maximum absolute atomic E-state index is 13.0. The monoisotopic (exact) mass is 284 g/mol. The number of halogens is 1. The maximum atomic E-state index is 13.0. The maximum Gasteiger partial charge on any atom is 0.241 e. The molecule has 0 aromatic heterocycles. The van der Waals surface area contributed by atoms with Gasteiger partial charge in [0.15, 0.2) is 0 Å². The van der Waals surface area contributed by atoms with Crippen LogP contribution in [-0.2, 0) is 11.2 Å². The molecule has 1 heterocycles. The number of nitrogens with zero attached hydrogens (tertiary/aromatic N) is 1. The minimum Gasteiger partial charge on any atom is -0.325 e. The van der Waals surface area contributed by atoms with Crippen LogP contribution in [0, 0.1) is 5.82 Å². The Labute approximate surface area is 123 Å². The van der Waals surface area contributed by atoms with Gasteiger partial charge in [-0.25, -0.2) is 4.39 Å². The lowest BCUT2D eigenvalue weighted by atomic mass is 10.1. The molecule has 1 amide bonds. The minimum atomic E-state index is -0.272. The Morgan fingerprint density at radius 1 is 1.10 bits per heavy atom. The highest BCUT2D eigenvalue weighted by Crippen LogP contribution is 2.25. The van der Waals surface area contributed by atoms with Crippen LogP contribution in [0.4, 0.5) is 4.39 Å². The van der Waals surface area contributed by atoms with E-state index in [0.29, 0.717) is 6.42 Å². The summed E-state index contributed by atoms with van der Waals surface area (Å²) < 4.78 is 13.0. The van der Waals surface area contributed by atoms with Crippen LogP contribution in [-0.4, -0.2) is 23.9 Å². The summed E-state index contributed by atoms with van der Waals surface area (Å²) in [6.45, 7) is 0. The number of benzene rings is 2. The van der Waals surface area contributed by atoms with Crippen molar-refractivity contribution in [2.24, 2.45) is 0 Å². The van der Waals surface area contributed by atoms with Crippen LogP contribution in [0.2, 0.25) is 0 Å². The molecule has 1 N–H and O–H groups in total. The topological polar surface area (TPSA) is 32.3 Å². The smallest absolute Gasteiger partial charge is 0.241 e. The molecule has 2 aromatic carbocycles. The first kappa shape index (κ1) is 13.8. The van der Waals surface area contributed by atoms with Crippen LogP contribution in [0.5, 0.6) is 0 Å². The average Bonchev–Trinajstić information content (AvgIpc) is 2.78. The molecule has 1 aliphatic rings. The first-order valence-electron chi connectivity index (χ1n) is 6.97. The van der Waals surface area contributed by atoms with Crippen molar-refractivity contribution in [3.8, 4) is 0 Å². The van der Waals surface area contributed by atoms with E-state index in [-0.39, 0.29) is 23.9 Å². The first-order valence-corrected chi connectivity index (χ1v) is 6.97. The second kappa shape index (κ2) is 5.66. The number of hydrogen-bond donors (Lipinski definition) is 1. The molecule has 21 heavy (non-hydrogen) atoms. The minimum absolute atomic E-state index is 0.0631. The summed E-state index contributed by atoms with van der Waals surface area (Å²) in [4.78, 5) is 14.0. The van der Waals surface area contributed by atoms with E-state index in [1.807, 2.05) is 30.3 Å². The highest BCUT2D eigenvalue weighted by Gasteiger charge is 2.37. The van der Waals surface area contributed by atoms with Crippen molar-refractivity contribution in [3.05, 3.63) is 71.5 Å². The molecule has 3 nitrogen and oxygen atoms in total. The predicted molar refractivity (Wildman–Crippen MR) is 79.0 cm³/mol. The summed E-state index contributed by atoms with van der Waals surface area (Å²) in [5.41, 5.74) is 2.01. The van der Waals surface area contributed by atoms with Crippen LogP contribution in [0.25, 0.3) is 0 Å². The summed E-state index contributed by atoms with van der Waals surface area (Å²) in [5, 5.41) is 3.33. The largest absolute Gasteiger partial charge is 0.325 e. The average molecular weight is 284 g/mol. The predicted octanol–water partition coefficient (Wildman–Crippen LogP) is 2.50. The molecule has 108 valence electrons. The van der Waals surface area contributed by atoms with Gasteiger partial charge in [-0.1, -0.05) is 42.5 Å². The molecule has 1 saturated heterocycles. The highest BCUT2D eigenvalue weighted by molar-refractivity contribution is 5.84. The zero-order valence-electron chi connectivity index (χ0n) is 11.8. The SMILES string of the molecule is CN1C(=O)C(Cc2ccccc2)NC1c1ccc(F)cc1. The third-order valence-electron chi connectivity index (χ3n) is 3.86. The fourth-order valence-corrected chi connectivity index (χ4v) is 2.71. The number of carbonyl (C=O) groups is 1. The molecular formula is C17H17FN2O. The molecule has 0 bridgehead atoms. The van der Waals surface area contributed by atoms with Gasteiger partial charge in [-0.2, -0.15) is 0 Å². The van der Waals surface area contributed by atoms with Crippen LogP contribution in [0.15, 0.2) is 54.6 Å². The van der Waals surface area contributed by atoms with Crippen molar-refractivity contribution >= 4 is 5.91 Å². The van der Waals surface area contributed by atoms with Gasteiger partial charge in [-0.05, 0) is 29.7 Å². The lowest BCUT2D eigenvalue weighted by Gasteiger charge is -2.19. The number of likely N-dealkylation sites (N-methyl/N-ethyl adjacent to an activating group) is 1. The van der Waals surface area contributed by atoms with Gasteiger partial charge < -0.3 is 4.90 Å². The third-order valence-corrected chi connectivity index (χ3v) is 3.86. The molecule has 3 rings (SSSR count). The van der Waals surface area contributed by atoms with Gasteiger partial charge in [0.1, 0.15) is 12.0 Å².